The Bertz CT molecular complexity index is 370. The molecule has 0 aromatic heterocycles. The Hall–Kier alpha value is -1.26. The molecule has 0 saturated heterocycles. The second kappa shape index (κ2) is 6.47. The molecular weight excluding hydrogens is 206 g/mol. The molecule has 1 rings (SSSR count). The Labute approximate surface area is 106 Å². The van der Waals surface area contributed by atoms with E-state index in [0.29, 0.717) is 12.0 Å². The van der Waals surface area contributed by atoms with E-state index in [-0.39, 0.29) is 6.04 Å². The van der Waals surface area contributed by atoms with Gasteiger partial charge in [0.05, 0.1) is 6.04 Å². The molecule has 2 unspecified atom stereocenters. The topological polar surface area (TPSA) is 12.0 Å². The maximum atomic E-state index is 5.46. The van der Waals surface area contributed by atoms with Crippen molar-refractivity contribution in [1.29, 1.82) is 0 Å². The van der Waals surface area contributed by atoms with Crippen molar-refractivity contribution in [2.24, 2.45) is 0 Å². The zero-order valence-corrected chi connectivity index (χ0v) is 11.3. The van der Waals surface area contributed by atoms with Gasteiger partial charge in [-0.1, -0.05) is 51.0 Å². The SMILES string of the molecule is C#CC(CC)NC(C)c1ccc(C(C)C)cc1. The lowest BCUT2D eigenvalue weighted by atomic mass is 9.99. The highest BCUT2D eigenvalue weighted by Crippen LogP contribution is 2.19. The lowest BCUT2D eigenvalue weighted by Gasteiger charge is -2.19. The van der Waals surface area contributed by atoms with Crippen LogP contribution in [0.1, 0.15) is 57.2 Å². The summed E-state index contributed by atoms with van der Waals surface area (Å²) in [6.45, 7) is 8.68. The molecule has 17 heavy (non-hydrogen) atoms. The van der Waals surface area contributed by atoms with Crippen molar-refractivity contribution in [3.05, 3.63) is 35.4 Å². The quantitative estimate of drug-likeness (QED) is 0.756. The molecule has 1 heteroatoms. The van der Waals surface area contributed by atoms with Gasteiger partial charge < -0.3 is 0 Å². The molecule has 0 saturated carbocycles. The fraction of sp³-hybridized carbons (Fsp3) is 0.500. The Morgan fingerprint density at radius 2 is 1.65 bits per heavy atom. The smallest absolute Gasteiger partial charge is 0.0688 e. The molecule has 0 bridgehead atoms. The van der Waals surface area contributed by atoms with Gasteiger partial charge in [-0.05, 0) is 30.4 Å². The highest BCUT2D eigenvalue weighted by Gasteiger charge is 2.09. The summed E-state index contributed by atoms with van der Waals surface area (Å²) in [5.41, 5.74) is 2.67. The normalized spacial score (nSPS) is 14.4. The number of benzene rings is 1. The van der Waals surface area contributed by atoms with Crippen LogP contribution in [0.3, 0.4) is 0 Å². The van der Waals surface area contributed by atoms with Gasteiger partial charge in [0.1, 0.15) is 0 Å². The molecule has 0 aliphatic rings. The molecule has 92 valence electrons. The Morgan fingerprint density at radius 3 is 2.06 bits per heavy atom. The zero-order valence-electron chi connectivity index (χ0n) is 11.3. The lowest BCUT2D eigenvalue weighted by Crippen LogP contribution is -2.29. The summed E-state index contributed by atoms with van der Waals surface area (Å²) in [5.74, 6) is 3.36. The average molecular weight is 229 g/mol. The maximum Gasteiger partial charge on any atom is 0.0688 e. The van der Waals surface area contributed by atoms with E-state index < -0.39 is 0 Å². The molecule has 1 N–H and O–H groups in total. The summed E-state index contributed by atoms with van der Waals surface area (Å²) >= 11 is 0. The number of terminal acetylenes is 1. The highest BCUT2D eigenvalue weighted by atomic mass is 14.9. The third-order valence-corrected chi connectivity index (χ3v) is 3.16. The van der Waals surface area contributed by atoms with Crippen molar-refractivity contribution in [1.82, 2.24) is 5.32 Å². The summed E-state index contributed by atoms with van der Waals surface area (Å²) in [4.78, 5) is 0. The molecule has 2 atom stereocenters. The first-order chi connectivity index (χ1) is 8.08. The van der Waals surface area contributed by atoms with Gasteiger partial charge in [-0.2, -0.15) is 0 Å². The Balaban J connectivity index is 2.70. The first-order valence-corrected chi connectivity index (χ1v) is 6.40. The van der Waals surface area contributed by atoms with Crippen LogP contribution in [0.5, 0.6) is 0 Å². The Kier molecular flexibility index (Phi) is 5.25. The second-order valence-electron chi connectivity index (χ2n) is 4.84. The third-order valence-electron chi connectivity index (χ3n) is 3.16. The monoisotopic (exact) mass is 229 g/mol. The highest BCUT2D eigenvalue weighted by molar-refractivity contribution is 5.26. The van der Waals surface area contributed by atoms with Gasteiger partial charge in [-0.25, -0.2) is 0 Å². The molecule has 0 amide bonds. The van der Waals surface area contributed by atoms with Crippen LogP contribution in [0, 0.1) is 12.3 Å². The van der Waals surface area contributed by atoms with Crippen LogP contribution in [0.15, 0.2) is 24.3 Å². The molecule has 0 heterocycles. The van der Waals surface area contributed by atoms with Crippen LogP contribution in [0.25, 0.3) is 0 Å². The Morgan fingerprint density at radius 1 is 1.12 bits per heavy atom. The van der Waals surface area contributed by atoms with Crippen LogP contribution in [0.4, 0.5) is 0 Å². The van der Waals surface area contributed by atoms with E-state index >= 15 is 0 Å². The van der Waals surface area contributed by atoms with E-state index in [1.165, 1.54) is 11.1 Å². The van der Waals surface area contributed by atoms with Gasteiger partial charge in [-0.15, -0.1) is 6.42 Å². The molecular formula is C16H23N. The van der Waals surface area contributed by atoms with E-state index in [0.717, 1.165) is 6.42 Å². The van der Waals surface area contributed by atoms with Gasteiger partial charge in [0.15, 0.2) is 0 Å². The van der Waals surface area contributed by atoms with Crippen molar-refractivity contribution in [3.8, 4) is 12.3 Å². The number of rotatable bonds is 5. The van der Waals surface area contributed by atoms with E-state index in [4.69, 9.17) is 6.42 Å². The predicted molar refractivity (Wildman–Crippen MR) is 75.0 cm³/mol. The molecule has 0 aliphatic carbocycles. The summed E-state index contributed by atoms with van der Waals surface area (Å²) in [5, 5.41) is 3.45. The number of hydrogen-bond donors (Lipinski definition) is 1. The van der Waals surface area contributed by atoms with Crippen molar-refractivity contribution in [2.45, 2.75) is 52.1 Å². The molecule has 1 nitrogen and oxygen atoms in total. The van der Waals surface area contributed by atoms with Crippen molar-refractivity contribution in [2.75, 3.05) is 0 Å². The van der Waals surface area contributed by atoms with Gasteiger partial charge in [0, 0.05) is 6.04 Å². The zero-order chi connectivity index (χ0) is 12.8. The molecule has 1 aromatic rings. The molecule has 0 radical (unpaired) electrons. The van der Waals surface area contributed by atoms with E-state index in [9.17, 15) is 0 Å². The summed E-state index contributed by atoms with van der Waals surface area (Å²) in [6, 6.07) is 9.25. The fourth-order valence-corrected chi connectivity index (χ4v) is 1.85. The van der Waals surface area contributed by atoms with Crippen molar-refractivity contribution in [3.63, 3.8) is 0 Å². The first-order valence-electron chi connectivity index (χ1n) is 6.40. The lowest BCUT2D eigenvalue weighted by molar-refractivity contribution is 0.512. The minimum absolute atomic E-state index is 0.162. The minimum atomic E-state index is 0.162. The molecule has 0 aliphatic heterocycles. The average Bonchev–Trinajstić information content (AvgIpc) is 2.35. The van der Waals surface area contributed by atoms with E-state index in [1.807, 2.05) is 0 Å². The van der Waals surface area contributed by atoms with Crippen LogP contribution >= 0.6 is 0 Å². The maximum absolute atomic E-state index is 5.46. The fourth-order valence-electron chi connectivity index (χ4n) is 1.85. The molecule has 0 fully saturated rings. The largest absolute Gasteiger partial charge is 0.297 e. The van der Waals surface area contributed by atoms with Crippen LogP contribution in [0.2, 0.25) is 0 Å². The standard InChI is InChI=1S/C16H23N/c1-6-16(7-2)17-13(5)15-10-8-14(9-11-15)12(3)4/h1,8-13,16-17H,7H2,2-5H3. The van der Waals surface area contributed by atoms with Crippen LogP contribution in [-0.2, 0) is 0 Å². The second-order valence-corrected chi connectivity index (χ2v) is 4.84. The van der Waals surface area contributed by atoms with Crippen molar-refractivity contribution < 1.29 is 0 Å². The summed E-state index contributed by atoms with van der Waals surface area (Å²) in [6.07, 6.45) is 6.42. The minimum Gasteiger partial charge on any atom is -0.297 e. The number of hydrogen-bond acceptors (Lipinski definition) is 1. The first kappa shape index (κ1) is 13.8. The third kappa shape index (κ3) is 3.91. The van der Waals surface area contributed by atoms with Crippen LogP contribution < -0.4 is 5.32 Å². The van der Waals surface area contributed by atoms with E-state index in [2.05, 4.69) is 63.2 Å². The van der Waals surface area contributed by atoms with E-state index in [1.54, 1.807) is 0 Å². The molecule has 1 aromatic carbocycles. The van der Waals surface area contributed by atoms with Crippen molar-refractivity contribution >= 4 is 0 Å². The predicted octanol–water partition coefficient (Wildman–Crippen LogP) is 3.87. The van der Waals surface area contributed by atoms with Gasteiger partial charge >= 0.3 is 0 Å². The summed E-state index contributed by atoms with van der Waals surface area (Å²) in [7, 11) is 0. The molecule has 0 spiro atoms. The number of nitrogens with one attached hydrogen (secondary N) is 1. The van der Waals surface area contributed by atoms with Crippen LogP contribution in [-0.4, -0.2) is 6.04 Å². The van der Waals surface area contributed by atoms with Gasteiger partial charge in [0.25, 0.3) is 0 Å². The van der Waals surface area contributed by atoms with Gasteiger partial charge in [-0.3, -0.25) is 5.32 Å². The summed E-state index contributed by atoms with van der Waals surface area (Å²) < 4.78 is 0. The van der Waals surface area contributed by atoms with Gasteiger partial charge in [0.2, 0.25) is 0 Å².